The second-order valence-electron chi connectivity index (χ2n) is 6.67. The zero-order valence-corrected chi connectivity index (χ0v) is 19.6. The van der Waals surface area contributed by atoms with E-state index in [4.69, 9.17) is 9.47 Å². The first-order valence-electron chi connectivity index (χ1n) is 9.86. The lowest BCUT2D eigenvalue weighted by molar-refractivity contribution is 0.325. The van der Waals surface area contributed by atoms with E-state index >= 15 is 0 Å². The Morgan fingerprint density at radius 2 is 2.13 bits per heavy atom. The number of ether oxygens (including phenoxy) is 2. The second-order valence-corrected chi connectivity index (χ2v) is 6.67. The molecule has 1 fully saturated rings. The zero-order chi connectivity index (χ0) is 20.5. The van der Waals surface area contributed by atoms with E-state index in [1.165, 1.54) is 6.07 Å². The van der Waals surface area contributed by atoms with Gasteiger partial charge >= 0.3 is 0 Å². The van der Waals surface area contributed by atoms with Crippen molar-refractivity contribution in [2.45, 2.75) is 19.4 Å². The van der Waals surface area contributed by atoms with Crippen molar-refractivity contribution in [3.8, 4) is 11.5 Å². The van der Waals surface area contributed by atoms with Crippen LogP contribution >= 0.6 is 24.0 Å². The Hall–Kier alpha value is -2.30. The summed E-state index contributed by atoms with van der Waals surface area (Å²) < 4.78 is 24.9. The van der Waals surface area contributed by atoms with Gasteiger partial charge in [-0.15, -0.1) is 24.0 Å². The summed E-state index contributed by atoms with van der Waals surface area (Å²) in [5.41, 5.74) is 0. The summed E-state index contributed by atoms with van der Waals surface area (Å²) in [5, 5.41) is 6.67. The molecule has 7 nitrogen and oxygen atoms in total. The van der Waals surface area contributed by atoms with E-state index in [-0.39, 0.29) is 35.8 Å². The summed E-state index contributed by atoms with van der Waals surface area (Å²) in [6.07, 6.45) is 2.51. The average Bonchev–Trinajstić information content (AvgIpc) is 3.20. The van der Waals surface area contributed by atoms with Crippen LogP contribution in [0.4, 0.5) is 10.2 Å². The number of hydrogen-bond acceptors (Lipinski definition) is 5. The van der Waals surface area contributed by atoms with E-state index in [9.17, 15) is 4.39 Å². The highest BCUT2D eigenvalue weighted by Gasteiger charge is 2.25. The third-order valence-corrected chi connectivity index (χ3v) is 4.58. The molecule has 0 saturated carbocycles. The monoisotopic (exact) mass is 529 g/mol. The molecule has 2 heterocycles. The number of nitrogens with zero attached hydrogens (tertiary/aromatic N) is 3. The summed E-state index contributed by atoms with van der Waals surface area (Å²) in [6.45, 7) is 5.18. The van der Waals surface area contributed by atoms with Gasteiger partial charge in [-0.3, -0.25) is 0 Å². The Morgan fingerprint density at radius 1 is 1.30 bits per heavy atom. The lowest BCUT2D eigenvalue weighted by Gasteiger charge is -2.20. The molecule has 3 rings (SSSR count). The van der Waals surface area contributed by atoms with Gasteiger partial charge in [-0.2, -0.15) is 0 Å². The van der Waals surface area contributed by atoms with Crippen LogP contribution in [0.25, 0.3) is 0 Å². The Bertz CT molecular complexity index is 823. The molecule has 1 aromatic carbocycles. The molecule has 9 heteroatoms. The fraction of sp³-hybridized carbons (Fsp3) is 0.429. The fourth-order valence-corrected chi connectivity index (χ4v) is 3.21. The largest absolute Gasteiger partial charge is 0.497 e. The van der Waals surface area contributed by atoms with Crippen LogP contribution in [-0.2, 0) is 0 Å². The summed E-state index contributed by atoms with van der Waals surface area (Å²) >= 11 is 0. The predicted molar refractivity (Wildman–Crippen MR) is 128 cm³/mol. The maximum atomic E-state index is 14.0. The van der Waals surface area contributed by atoms with Crippen LogP contribution in [0.1, 0.15) is 13.3 Å². The molecule has 1 aliphatic rings. The van der Waals surface area contributed by atoms with Crippen molar-refractivity contribution in [3.63, 3.8) is 0 Å². The van der Waals surface area contributed by atoms with E-state index in [1.807, 2.05) is 36.1 Å². The molecule has 164 valence electrons. The molecule has 30 heavy (non-hydrogen) atoms. The van der Waals surface area contributed by atoms with Crippen molar-refractivity contribution < 1.29 is 13.9 Å². The van der Waals surface area contributed by atoms with Crippen LogP contribution in [0.15, 0.2) is 47.6 Å². The normalized spacial score (nSPS) is 16.0. The van der Waals surface area contributed by atoms with E-state index in [0.717, 1.165) is 37.0 Å². The van der Waals surface area contributed by atoms with Gasteiger partial charge in [0.1, 0.15) is 18.1 Å². The molecular formula is C21H29FIN5O2. The lowest BCUT2D eigenvalue weighted by Crippen LogP contribution is -2.45. The zero-order valence-electron chi connectivity index (χ0n) is 17.3. The summed E-state index contributed by atoms with van der Waals surface area (Å²) in [7, 11) is 1.63. The highest BCUT2D eigenvalue weighted by Crippen LogP contribution is 2.21. The lowest BCUT2D eigenvalue weighted by atomic mass is 10.3. The molecule has 1 unspecified atom stereocenters. The minimum Gasteiger partial charge on any atom is -0.497 e. The number of hydrogen-bond donors (Lipinski definition) is 2. The van der Waals surface area contributed by atoms with Gasteiger partial charge in [0.15, 0.2) is 17.6 Å². The smallest absolute Gasteiger partial charge is 0.191 e. The van der Waals surface area contributed by atoms with Gasteiger partial charge in [0.25, 0.3) is 0 Å². The van der Waals surface area contributed by atoms with Crippen molar-refractivity contribution in [2.24, 2.45) is 4.99 Å². The number of benzene rings is 1. The number of pyridine rings is 1. The first-order chi connectivity index (χ1) is 14.2. The minimum absolute atomic E-state index is 0. The molecule has 1 aliphatic heterocycles. The van der Waals surface area contributed by atoms with E-state index in [0.29, 0.717) is 25.5 Å². The van der Waals surface area contributed by atoms with Crippen molar-refractivity contribution in [2.75, 3.05) is 44.8 Å². The van der Waals surface area contributed by atoms with Gasteiger partial charge in [0, 0.05) is 37.9 Å². The summed E-state index contributed by atoms with van der Waals surface area (Å²) in [5.74, 6) is 2.36. The number of nitrogens with one attached hydrogen (secondary N) is 2. The van der Waals surface area contributed by atoms with E-state index in [1.54, 1.807) is 19.4 Å². The molecule has 0 bridgehead atoms. The van der Waals surface area contributed by atoms with Crippen molar-refractivity contribution in [1.29, 1.82) is 0 Å². The highest BCUT2D eigenvalue weighted by molar-refractivity contribution is 14.0. The Morgan fingerprint density at radius 3 is 2.90 bits per heavy atom. The number of aromatic nitrogens is 1. The van der Waals surface area contributed by atoms with E-state index < -0.39 is 0 Å². The van der Waals surface area contributed by atoms with Crippen LogP contribution in [-0.4, -0.2) is 56.9 Å². The van der Waals surface area contributed by atoms with Gasteiger partial charge in [0.2, 0.25) is 0 Å². The molecule has 2 aromatic rings. The minimum atomic E-state index is -0.289. The SMILES string of the molecule is CCNC(=NCCOc1cccc(OC)c1)NC1CCN(c2ncccc2F)C1.I. The predicted octanol–water partition coefficient (Wildman–Crippen LogP) is 3.06. The third kappa shape index (κ3) is 6.89. The average molecular weight is 529 g/mol. The van der Waals surface area contributed by atoms with Gasteiger partial charge in [-0.05, 0) is 37.6 Å². The van der Waals surface area contributed by atoms with Crippen LogP contribution in [0, 0.1) is 5.82 Å². The van der Waals surface area contributed by atoms with Crippen LogP contribution < -0.4 is 25.0 Å². The molecule has 0 amide bonds. The molecule has 1 saturated heterocycles. The molecule has 0 radical (unpaired) electrons. The third-order valence-electron chi connectivity index (χ3n) is 4.58. The van der Waals surface area contributed by atoms with Gasteiger partial charge in [-0.1, -0.05) is 6.07 Å². The molecule has 0 spiro atoms. The van der Waals surface area contributed by atoms with Crippen molar-refractivity contribution >= 4 is 35.8 Å². The number of aliphatic imine (C=N–C) groups is 1. The standard InChI is InChI=1S/C21H28FN5O2.HI/c1-3-23-21(25-11-13-29-18-7-4-6-17(14-18)28-2)26-16-9-12-27(15-16)20-19(22)8-5-10-24-20;/h4-8,10,14,16H,3,9,11-13,15H2,1-2H3,(H2,23,25,26);1H. The Kier molecular flexibility index (Phi) is 9.92. The number of anilines is 1. The number of halogens is 2. The van der Waals surface area contributed by atoms with Gasteiger partial charge in [-0.25, -0.2) is 14.4 Å². The molecular weight excluding hydrogens is 500 g/mol. The van der Waals surface area contributed by atoms with Crippen LogP contribution in [0.5, 0.6) is 11.5 Å². The van der Waals surface area contributed by atoms with Crippen molar-refractivity contribution in [1.82, 2.24) is 15.6 Å². The Balaban J connectivity index is 0.00000320. The Labute approximate surface area is 194 Å². The quantitative estimate of drug-likeness (QED) is 0.237. The molecule has 0 aliphatic carbocycles. The van der Waals surface area contributed by atoms with Gasteiger partial charge in [0.05, 0.1) is 13.7 Å². The summed E-state index contributed by atoms with van der Waals surface area (Å²) in [4.78, 5) is 10.7. The topological polar surface area (TPSA) is 71.0 Å². The summed E-state index contributed by atoms with van der Waals surface area (Å²) in [6, 6.07) is 10.7. The number of methoxy groups -OCH3 is 1. The number of guanidine groups is 1. The fourth-order valence-electron chi connectivity index (χ4n) is 3.21. The number of rotatable bonds is 8. The highest BCUT2D eigenvalue weighted by atomic mass is 127. The maximum absolute atomic E-state index is 14.0. The first-order valence-corrected chi connectivity index (χ1v) is 9.86. The van der Waals surface area contributed by atoms with Crippen LogP contribution in [0.2, 0.25) is 0 Å². The first kappa shape index (κ1) is 24.0. The molecule has 2 N–H and O–H groups in total. The van der Waals surface area contributed by atoms with Crippen molar-refractivity contribution in [3.05, 3.63) is 48.4 Å². The maximum Gasteiger partial charge on any atom is 0.191 e. The second kappa shape index (κ2) is 12.4. The molecule has 1 atom stereocenters. The van der Waals surface area contributed by atoms with E-state index in [2.05, 4.69) is 20.6 Å². The van der Waals surface area contributed by atoms with Gasteiger partial charge < -0.3 is 25.0 Å². The molecule has 1 aromatic heterocycles. The van der Waals surface area contributed by atoms with Crippen LogP contribution in [0.3, 0.4) is 0 Å².